The highest BCUT2D eigenvalue weighted by Gasteiger charge is 2.19. The van der Waals surface area contributed by atoms with Crippen LogP contribution in [0.3, 0.4) is 0 Å². The number of amides is 1. The number of nitrogens with zero attached hydrogens (tertiary/aromatic N) is 6. The standard InChI is InChI=1S/C19H25N7O4S.ClH/c1-25(17(27)16-23-24-19(30-16)31-5)7-6-8-26(2)18-21-12-10-14(29-4)13(28-3)9-11(12)15(20)22-18;/h9-10H,6-8H2,1-5H3,(H2,20,21,22);1H. The van der Waals surface area contributed by atoms with Crippen LogP contribution < -0.4 is 20.1 Å². The summed E-state index contributed by atoms with van der Waals surface area (Å²) in [5.74, 6) is 1.62. The van der Waals surface area contributed by atoms with E-state index in [2.05, 4.69) is 20.2 Å². The highest BCUT2D eigenvalue weighted by molar-refractivity contribution is 7.98. The van der Waals surface area contributed by atoms with Gasteiger partial charge in [0.05, 0.1) is 19.7 Å². The van der Waals surface area contributed by atoms with Crippen molar-refractivity contribution < 1.29 is 18.7 Å². The Bertz CT molecular complexity index is 1080. The van der Waals surface area contributed by atoms with Crippen LogP contribution in [0.25, 0.3) is 10.9 Å². The van der Waals surface area contributed by atoms with Crippen molar-refractivity contribution in [1.82, 2.24) is 25.1 Å². The lowest BCUT2D eigenvalue weighted by molar-refractivity contribution is 0.0749. The van der Waals surface area contributed by atoms with Crippen LogP contribution in [-0.4, -0.2) is 78.6 Å². The second-order valence-corrected chi connectivity index (χ2v) is 7.47. The van der Waals surface area contributed by atoms with Gasteiger partial charge in [-0.2, -0.15) is 4.98 Å². The summed E-state index contributed by atoms with van der Waals surface area (Å²) in [6.45, 7) is 1.10. The van der Waals surface area contributed by atoms with Gasteiger partial charge >= 0.3 is 11.8 Å². The van der Waals surface area contributed by atoms with Crippen molar-refractivity contribution in [2.45, 2.75) is 11.6 Å². The zero-order valence-electron chi connectivity index (χ0n) is 18.5. The van der Waals surface area contributed by atoms with Crippen molar-refractivity contribution in [3.8, 4) is 11.5 Å². The summed E-state index contributed by atoms with van der Waals surface area (Å²) in [4.78, 5) is 24.8. The largest absolute Gasteiger partial charge is 0.493 e. The van der Waals surface area contributed by atoms with E-state index in [4.69, 9.17) is 19.6 Å². The lowest BCUT2D eigenvalue weighted by atomic mass is 10.2. The molecule has 0 atom stereocenters. The highest BCUT2D eigenvalue weighted by Crippen LogP contribution is 2.34. The summed E-state index contributed by atoms with van der Waals surface area (Å²) < 4.78 is 16.0. The van der Waals surface area contributed by atoms with Gasteiger partial charge in [0, 0.05) is 38.6 Å². The van der Waals surface area contributed by atoms with Gasteiger partial charge in [-0.05, 0) is 18.7 Å². The molecule has 0 fully saturated rings. The van der Waals surface area contributed by atoms with Crippen molar-refractivity contribution in [2.24, 2.45) is 0 Å². The van der Waals surface area contributed by atoms with Gasteiger partial charge in [0.1, 0.15) is 5.82 Å². The highest BCUT2D eigenvalue weighted by atomic mass is 35.5. The molecule has 2 aromatic heterocycles. The first-order valence-electron chi connectivity index (χ1n) is 9.41. The first-order valence-corrected chi connectivity index (χ1v) is 10.6. The molecule has 0 bridgehead atoms. The molecule has 0 saturated carbocycles. The van der Waals surface area contributed by atoms with Gasteiger partial charge in [-0.1, -0.05) is 11.8 Å². The van der Waals surface area contributed by atoms with Crippen molar-refractivity contribution in [2.75, 3.05) is 58.3 Å². The Morgan fingerprint density at radius 1 is 1.12 bits per heavy atom. The fourth-order valence-corrected chi connectivity index (χ4v) is 3.21. The number of nitrogen functional groups attached to an aromatic ring is 1. The maximum Gasteiger partial charge on any atom is 0.311 e. The third-order valence-electron chi connectivity index (χ3n) is 4.66. The van der Waals surface area contributed by atoms with Crippen LogP contribution >= 0.6 is 24.2 Å². The summed E-state index contributed by atoms with van der Waals surface area (Å²) in [5.41, 5.74) is 6.81. The molecule has 11 nitrogen and oxygen atoms in total. The summed E-state index contributed by atoms with van der Waals surface area (Å²) in [6.07, 6.45) is 2.48. The van der Waals surface area contributed by atoms with Crippen LogP contribution in [-0.2, 0) is 0 Å². The first kappa shape index (κ1) is 25.3. The average molecular weight is 484 g/mol. The van der Waals surface area contributed by atoms with Gasteiger partial charge in [-0.3, -0.25) is 4.79 Å². The summed E-state index contributed by atoms with van der Waals surface area (Å²) >= 11 is 1.29. The minimum atomic E-state index is -0.317. The molecule has 0 unspecified atom stereocenters. The third-order valence-corrected chi connectivity index (χ3v) is 5.17. The molecule has 0 saturated heterocycles. The smallest absolute Gasteiger partial charge is 0.311 e. The molecule has 0 aliphatic rings. The van der Waals surface area contributed by atoms with Crippen LogP contribution in [0.4, 0.5) is 11.8 Å². The third kappa shape index (κ3) is 5.43. The Balaban J connectivity index is 0.00000363. The molecule has 0 aliphatic heterocycles. The summed E-state index contributed by atoms with van der Waals surface area (Å²) in [7, 11) is 6.68. The molecule has 1 amide bonds. The zero-order chi connectivity index (χ0) is 22.5. The average Bonchev–Trinajstić information content (AvgIpc) is 3.26. The SMILES string of the molecule is COc1cc2nc(N(C)CCCN(C)C(=O)c3nnc(SC)o3)nc(N)c2cc1OC.Cl. The number of thioether (sulfide) groups is 1. The van der Waals surface area contributed by atoms with E-state index >= 15 is 0 Å². The Labute approximate surface area is 196 Å². The number of nitrogens with two attached hydrogens (primary N) is 1. The lowest BCUT2D eigenvalue weighted by Gasteiger charge is -2.20. The zero-order valence-corrected chi connectivity index (χ0v) is 20.1. The molecular weight excluding hydrogens is 458 g/mol. The second-order valence-electron chi connectivity index (χ2n) is 6.71. The van der Waals surface area contributed by atoms with Crippen LogP contribution in [0.5, 0.6) is 11.5 Å². The predicted molar refractivity (Wildman–Crippen MR) is 125 cm³/mol. The van der Waals surface area contributed by atoms with Crippen LogP contribution in [0.1, 0.15) is 17.1 Å². The molecule has 0 spiro atoms. The number of hydrogen-bond donors (Lipinski definition) is 1. The minimum Gasteiger partial charge on any atom is -0.493 e. The number of anilines is 2. The number of aromatic nitrogens is 4. The predicted octanol–water partition coefficient (Wildman–Crippen LogP) is 2.35. The van der Waals surface area contributed by atoms with Crippen molar-refractivity contribution in [3.63, 3.8) is 0 Å². The molecule has 0 aliphatic carbocycles. The number of carbonyl (C=O) groups excluding carboxylic acids is 1. The molecule has 3 rings (SSSR count). The van der Waals surface area contributed by atoms with Crippen LogP contribution in [0, 0.1) is 0 Å². The fraction of sp³-hybridized carbons (Fsp3) is 0.421. The van der Waals surface area contributed by atoms with E-state index in [1.165, 1.54) is 16.7 Å². The molecule has 2 heterocycles. The normalized spacial score (nSPS) is 10.5. The van der Waals surface area contributed by atoms with E-state index < -0.39 is 0 Å². The Morgan fingerprint density at radius 2 is 1.81 bits per heavy atom. The maximum atomic E-state index is 12.4. The molecule has 32 heavy (non-hydrogen) atoms. The van der Waals surface area contributed by atoms with Gasteiger partial charge in [0.15, 0.2) is 11.5 Å². The Hall–Kier alpha value is -2.99. The minimum absolute atomic E-state index is 0. The molecule has 13 heteroatoms. The summed E-state index contributed by atoms with van der Waals surface area (Å²) in [5, 5.41) is 8.60. The molecule has 174 valence electrons. The van der Waals surface area contributed by atoms with E-state index in [-0.39, 0.29) is 24.2 Å². The van der Waals surface area contributed by atoms with E-state index in [9.17, 15) is 4.79 Å². The number of fused-ring (bicyclic) bond motifs is 1. The second kappa shape index (κ2) is 11.0. The van der Waals surface area contributed by atoms with Crippen molar-refractivity contribution >= 4 is 52.7 Å². The number of hydrogen-bond acceptors (Lipinski definition) is 11. The quantitative estimate of drug-likeness (QED) is 0.449. The van der Waals surface area contributed by atoms with Crippen molar-refractivity contribution in [1.29, 1.82) is 0 Å². The first-order chi connectivity index (χ1) is 14.9. The molecule has 3 aromatic rings. The number of methoxy groups -OCH3 is 2. The van der Waals surface area contributed by atoms with Gasteiger partial charge in [-0.15, -0.1) is 22.6 Å². The molecular formula is C19H26ClN7O4S. The number of halogens is 1. The maximum absolute atomic E-state index is 12.4. The van der Waals surface area contributed by atoms with E-state index in [0.29, 0.717) is 58.9 Å². The van der Waals surface area contributed by atoms with E-state index in [1.54, 1.807) is 39.7 Å². The van der Waals surface area contributed by atoms with E-state index in [0.717, 1.165) is 0 Å². The lowest BCUT2D eigenvalue weighted by Crippen LogP contribution is -2.31. The van der Waals surface area contributed by atoms with Crippen LogP contribution in [0.2, 0.25) is 0 Å². The number of ether oxygens (including phenoxy) is 2. The monoisotopic (exact) mass is 483 g/mol. The van der Waals surface area contributed by atoms with Gasteiger partial charge in [0.2, 0.25) is 5.95 Å². The number of rotatable bonds is 9. The van der Waals surface area contributed by atoms with Gasteiger partial charge in [0.25, 0.3) is 5.22 Å². The molecule has 2 N–H and O–H groups in total. The van der Waals surface area contributed by atoms with Crippen LogP contribution in [0.15, 0.2) is 21.8 Å². The van der Waals surface area contributed by atoms with Gasteiger partial charge in [-0.25, -0.2) is 4.98 Å². The number of carbonyl (C=O) groups is 1. The molecule has 1 aromatic carbocycles. The van der Waals surface area contributed by atoms with Gasteiger partial charge < -0.3 is 29.4 Å². The Kier molecular flexibility index (Phi) is 8.72. The number of benzene rings is 1. The Morgan fingerprint density at radius 3 is 2.44 bits per heavy atom. The fourth-order valence-electron chi connectivity index (χ4n) is 2.93. The summed E-state index contributed by atoms with van der Waals surface area (Å²) in [6, 6.07) is 3.52. The van der Waals surface area contributed by atoms with Crippen molar-refractivity contribution in [3.05, 3.63) is 18.0 Å². The van der Waals surface area contributed by atoms with E-state index in [1.807, 2.05) is 11.9 Å². The topological polar surface area (TPSA) is 133 Å². The molecule has 0 radical (unpaired) electrons.